The standard InChI is InChI=1S/C6H8O7.H3N.H2O/c7-3(8)1-6(13,5(11)12)2-4(9)10;;/h13H,1-2H2,(H,7,8)(H,9,10)(H,11,12);1H3;1H2/p-2. The lowest BCUT2D eigenvalue weighted by Crippen LogP contribution is -2.54. The lowest BCUT2D eigenvalue weighted by atomic mass is 9.96. The van der Waals surface area contributed by atoms with E-state index < -0.39 is 36.4 Å². The molecule has 9 nitrogen and oxygen atoms in total. The van der Waals surface area contributed by atoms with E-state index in [0.717, 1.165) is 0 Å². The Morgan fingerprint density at radius 1 is 1.00 bits per heavy atom. The summed E-state index contributed by atoms with van der Waals surface area (Å²) < 4.78 is 0. The molecular weight excluding hydrogens is 214 g/mol. The maximum Gasteiger partial charge on any atom is 0.114 e. The smallest absolute Gasteiger partial charge is 0.114 e. The molecule has 0 saturated heterocycles. The maximum absolute atomic E-state index is 10.1. The summed E-state index contributed by atoms with van der Waals surface area (Å²) in [6.07, 6.45) is -2.72. The van der Waals surface area contributed by atoms with Crippen molar-refractivity contribution in [3.63, 3.8) is 0 Å². The van der Waals surface area contributed by atoms with Gasteiger partial charge in [0.1, 0.15) is 5.60 Å². The first-order chi connectivity index (χ1) is 5.78. The van der Waals surface area contributed by atoms with Crippen molar-refractivity contribution in [1.29, 1.82) is 0 Å². The van der Waals surface area contributed by atoms with Crippen LogP contribution in [0.4, 0.5) is 0 Å². The van der Waals surface area contributed by atoms with Gasteiger partial charge in [0, 0.05) is 24.8 Å². The van der Waals surface area contributed by atoms with Crippen molar-refractivity contribution >= 4 is 17.9 Å². The van der Waals surface area contributed by atoms with E-state index in [1.165, 1.54) is 0 Å². The average Bonchev–Trinajstić information content (AvgIpc) is 1.82. The van der Waals surface area contributed by atoms with Crippen LogP contribution >= 0.6 is 0 Å². The first-order valence-corrected chi connectivity index (χ1v) is 3.11. The summed E-state index contributed by atoms with van der Waals surface area (Å²) in [5.41, 5.74) is -2.97. The quantitative estimate of drug-likeness (QED) is 0.462. The molecule has 15 heavy (non-hydrogen) atoms. The second-order valence-corrected chi connectivity index (χ2v) is 2.42. The Morgan fingerprint density at radius 3 is 1.40 bits per heavy atom. The Balaban J connectivity index is -0.000000720. The number of carbonyl (C=O) groups excluding carboxylic acids is 3. The number of carboxylic acid groups (broad SMARTS) is 3. The lowest BCUT2D eigenvalue weighted by molar-refractivity contribution is -0.339. The van der Waals surface area contributed by atoms with Gasteiger partial charge in [0.05, 0.1) is 5.97 Å². The Morgan fingerprint density at radius 2 is 1.27 bits per heavy atom. The highest BCUT2D eigenvalue weighted by Crippen LogP contribution is 2.13. The number of aliphatic carboxylic acids is 3. The van der Waals surface area contributed by atoms with Gasteiger partial charge >= 0.3 is 0 Å². The molecule has 0 aliphatic heterocycles. The predicted octanol–water partition coefficient (Wildman–Crippen LogP) is -5.70. The molecule has 0 unspecified atom stereocenters. The zero-order valence-corrected chi connectivity index (χ0v) is 7.81. The minimum atomic E-state index is -2.97. The van der Waals surface area contributed by atoms with Gasteiger partial charge in [-0.1, -0.05) is 0 Å². The second kappa shape index (κ2) is 6.70. The molecule has 9 heteroatoms. The van der Waals surface area contributed by atoms with Gasteiger partial charge in [-0.25, -0.2) is 0 Å². The Labute approximate surface area is 83.8 Å². The number of hydrogen-bond donors (Lipinski definition) is 2. The number of aliphatic hydroxyl groups is 1. The van der Waals surface area contributed by atoms with Crippen molar-refractivity contribution in [3.05, 3.63) is 0 Å². The van der Waals surface area contributed by atoms with E-state index in [-0.39, 0.29) is 11.6 Å². The van der Waals surface area contributed by atoms with E-state index in [1.54, 1.807) is 0 Å². The van der Waals surface area contributed by atoms with Crippen LogP contribution in [0, 0.1) is 0 Å². The summed E-state index contributed by atoms with van der Waals surface area (Å²) >= 11 is 0. The topological polar surface area (TPSA) is 209 Å². The zero-order valence-electron chi connectivity index (χ0n) is 7.81. The van der Waals surface area contributed by atoms with Crippen LogP contribution in [-0.4, -0.2) is 34.1 Å². The Bertz CT molecular complexity index is 234. The summed E-state index contributed by atoms with van der Waals surface area (Å²) in [5, 5.41) is 38.9. The van der Waals surface area contributed by atoms with Crippen LogP contribution in [0.3, 0.4) is 0 Å². The highest BCUT2D eigenvalue weighted by atomic mass is 16.4. The van der Waals surface area contributed by atoms with Crippen molar-refractivity contribution in [2.24, 2.45) is 0 Å². The van der Waals surface area contributed by atoms with Gasteiger partial charge in [-0.15, -0.1) is 0 Å². The molecule has 0 radical (unpaired) electrons. The van der Waals surface area contributed by atoms with E-state index in [2.05, 4.69) is 0 Å². The summed E-state index contributed by atoms with van der Waals surface area (Å²) in [5.74, 6) is -5.98. The van der Waals surface area contributed by atoms with Gasteiger partial charge in [0.2, 0.25) is 0 Å². The van der Waals surface area contributed by atoms with Crippen LogP contribution in [0.2, 0.25) is 0 Å². The van der Waals surface area contributed by atoms with Crippen LogP contribution in [0.5, 0.6) is 0 Å². The van der Waals surface area contributed by atoms with Gasteiger partial charge < -0.3 is 46.4 Å². The fourth-order valence-electron chi connectivity index (χ4n) is 0.684. The first kappa shape index (κ1) is 19.0. The minimum Gasteiger partial charge on any atom is -0.550 e. The molecule has 0 fully saturated rings. The van der Waals surface area contributed by atoms with Gasteiger partial charge in [-0.3, -0.25) is 0 Å². The number of rotatable bonds is 5. The van der Waals surface area contributed by atoms with Crippen LogP contribution < -0.4 is 21.5 Å². The van der Waals surface area contributed by atoms with Crippen LogP contribution in [0.1, 0.15) is 12.8 Å². The number of hydrogen-bond acceptors (Lipinski definition) is 7. The molecular formula is C6H11NO8-2. The molecule has 0 bridgehead atoms. The van der Waals surface area contributed by atoms with Crippen molar-refractivity contribution in [2.45, 2.75) is 18.4 Å². The maximum atomic E-state index is 10.1. The molecule has 0 rings (SSSR count). The first-order valence-electron chi connectivity index (χ1n) is 3.11. The monoisotopic (exact) mass is 225 g/mol. The second-order valence-electron chi connectivity index (χ2n) is 2.42. The van der Waals surface area contributed by atoms with Crippen molar-refractivity contribution < 1.29 is 40.3 Å². The minimum absolute atomic E-state index is 0. The summed E-state index contributed by atoms with van der Waals surface area (Å²) in [4.78, 5) is 30.0. The number of carboxylic acids is 3. The third-order valence-corrected chi connectivity index (χ3v) is 1.25. The fourth-order valence-corrected chi connectivity index (χ4v) is 0.684. The molecule has 0 atom stereocenters. The van der Waals surface area contributed by atoms with Crippen molar-refractivity contribution in [1.82, 2.24) is 6.15 Å². The summed E-state index contributed by atoms with van der Waals surface area (Å²) in [6.45, 7) is 0. The molecule has 90 valence electrons. The molecule has 0 spiro atoms. The zero-order chi connectivity index (χ0) is 10.6. The van der Waals surface area contributed by atoms with Crippen LogP contribution in [-0.2, 0) is 14.4 Å². The number of quaternary nitrogens is 1. The normalized spacial score (nSPS) is 9.40. The highest BCUT2D eigenvalue weighted by molar-refractivity contribution is 5.86. The van der Waals surface area contributed by atoms with Gasteiger partial charge in [0.25, 0.3) is 0 Å². The fraction of sp³-hybridized carbons (Fsp3) is 0.500. The SMILES string of the molecule is O.O=C([O-])CC(O)(CC(=O)[O-])C(=O)[O-].[NH4+]. The third-order valence-electron chi connectivity index (χ3n) is 1.25. The third kappa shape index (κ3) is 6.37. The van der Waals surface area contributed by atoms with E-state index in [1.807, 2.05) is 0 Å². The van der Waals surface area contributed by atoms with E-state index >= 15 is 0 Å². The van der Waals surface area contributed by atoms with Crippen molar-refractivity contribution in [3.8, 4) is 0 Å². The average molecular weight is 225 g/mol. The molecule has 0 heterocycles. The van der Waals surface area contributed by atoms with E-state index in [0.29, 0.717) is 0 Å². The number of carbonyl (C=O) groups is 3. The molecule has 0 aromatic carbocycles. The Kier molecular flexibility index (Phi) is 8.47. The van der Waals surface area contributed by atoms with Gasteiger partial charge in [-0.05, 0) is 0 Å². The molecule has 0 aromatic rings. The summed E-state index contributed by atoms with van der Waals surface area (Å²) in [6, 6.07) is 0. The van der Waals surface area contributed by atoms with Gasteiger partial charge in [0.15, 0.2) is 0 Å². The highest BCUT2D eigenvalue weighted by Gasteiger charge is 2.29. The molecule has 0 aliphatic carbocycles. The predicted molar refractivity (Wildman–Crippen MR) is 38.8 cm³/mol. The van der Waals surface area contributed by atoms with Crippen LogP contribution in [0.15, 0.2) is 0 Å². The van der Waals surface area contributed by atoms with Gasteiger partial charge in [-0.2, -0.15) is 0 Å². The molecule has 0 aromatic heterocycles. The Hall–Kier alpha value is -1.71. The molecule has 0 saturated carbocycles. The van der Waals surface area contributed by atoms with E-state index in [4.69, 9.17) is 5.11 Å². The summed E-state index contributed by atoms with van der Waals surface area (Å²) in [7, 11) is 0. The van der Waals surface area contributed by atoms with Crippen molar-refractivity contribution in [2.75, 3.05) is 0 Å². The molecule has 0 aliphatic rings. The molecule has 0 amide bonds. The van der Waals surface area contributed by atoms with E-state index in [9.17, 15) is 29.7 Å². The molecule has 7 N–H and O–H groups in total. The van der Waals surface area contributed by atoms with Crippen LogP contribution in [0.25, 0.3) is 0 Å². The lowest BCUT2D eigenvalue weighted by Gasteiger charge is -2.29. The largest absolute Gasteiger partial charge is 0.550 e.